The molecule has 52 valence electrons. The lowest BCUT2D eigenvalue weighted by atomic mass is 10.3. The van der Waals surface area contributed by atoms with Crippen LogP contribution in [0.2, 0.25) is 0 Å². The second-order valence-corrected chi connectivity index (χ2v) is 1.63. The van der Waals surface area contributed by atoms with Gasteiger partial charge in [0.2, 0.25) is 0 Å². The Hall–Kier alpha value is -0.660. The summed E-state index contributed by atoms with van der Waals surface area (Å²) in [6.07, 6.45) is 3.18. The van der Waals surface area contributed by atoms with E-state index in [4.69, 9.17) is 0 Å². The fraction of sp³-hybridized carbons (Fsp3) is 0.429. The maximum absolute atomic E-state index is 11.3. The molecule has 0 saturated heterocycles. The number of rotatable bonds is 4. The van der Waals surface area contributed by atoms with E-state index in [2.05, 4.69) is 6.58 Å². The molecule has 0 unspecified atom stereocenters. The zero-order valence-corrected chi connectivity index (χ0v) is 5.19. The van der Waals surface area contributed by atoms with Gasteiger partial charge in [0.05, 0.1) is 0 Å². The Balaban J connectivity index is 3.14. The van der Waals surface area contributed by atoms with Gasteiger partial charge in [-0.3, -0.25) is 0 Å². The predicted molar refractivity (Wildman–Crippen MR) is 34.6 cm³/mol. The van der Waals surface area contributed by atoms with E-state index in [0.717, 1.165) is 12.5 Å². The van der Waals surface area contributed by atoms with E-state index in [0.29, 0.717) is 6.42 Å². The first-order valence-electron chi connectivity index (χ1n) is 2.83. The molecule has 0 N–H and O–H groups in total. The van der Waals surface area contributed by atoms with Crippen molar-refractivity contribution < 1.29 is 8.78 Å². The van der Waals surface area contributed by atoms with Gasteiger partial charge in [-0.25, -0.2) is 8.78 Å². The highest BCUT2D eigenvalue weighted by atomic mass is 19.3. The monoisotopic (exact) mass is 132 g/mol. The van der Waals surface area contributed by atoms with Gasteiger partial charge >= 0.3 is 0 Å². The lowest BCUT2D eigenvalue weighted by Gasteiger charge is -1.85. The summed E-state index contributed by atoms with van der Waals surface area (Å²) in [5.41, 5.74) is 0. The summed E-state index contributed by atoms with van der Waals surface area (Å²) in [7, 11) is 0. The number of hydrogen-bond donors (Lipinski definition) is 0. The second-order valence-electron chi connectivity index (χ2n) is 1.63. The van der Waals surface area contributed by atoms with E-state index in [1.807, 2.05) is 0 Å². The zero-order chi connectivity index (χ0) is 7.11. The van der Waals surface area contributed by atoms with Crippen LogP contribution in [-0.2, 0) is 0 Å². The Morgan fingerprint density at radius 3 is 2.44 bits per heavy atom. The minimum atomic E-state index is -2.31. The first kappa shape index (κ1) is 8.34. The predicted octanol–water partition coefficient (Wildman–Crippen LogP) is 2.77. The maximum Gasteiger partial charge on any atom is 0.257 e. The molecule has 0 aliphatic heterocycles. The van der Waals surface area contributed by atoms with Crippen LogP contribution < -0.4 is 0 Å². The van der Waals surface area contributed by atoms with Gasteiger partial charge in [0, 0.05) is 0 Å². The van der Waals surface area contributed by atoms with Crippen LogP contribution in [0.5, 0.6) is 0 Å². The molecule has 0 bridgehead atoms. The third-order valence-corrected chi connectivity index (χ3v) is 0.819. The van der Waals surface area contributed by atoms with Crippen LogP contribution in [0.4, 0.5) is 8.78 Å². The normalized spacial score (nSPS) is 11.0. The lowest BCUT2D eigenvalue weighted by Crippen LogP contribution is -1.78. The molecule has 0 amide bonds. The third kappa shape index (κ3) is 7.34. The van der Waals surface area contributed by atoms with Gasteiger partial charge in [-0.05, 0) is 18.9 Å². The average Bonchev–Trinajstić information content (AvgIpc) is 1.80. The van der Waals surface area contributed by atoms with Crippen molar-refractivity contribution in [1.29, 1.82) is 0 Å². The van der Waals surface area contributed by atoms with E-state index >= 15 is 0 Å². The highest BCUT2D eigenvalue weighted by molar-refractivity contribution is 4.85. The molecule has 0 atom stereocenters. The van der Waals surface area contributed by atoms with Crippen LogP contribution in [0, 0.1) is 0 Å². The summed E-state index contributed by atoms with van der Waals surface area (Å²) in [5, 5.41) is 0. The molecule has 0 spiro atoms. The minimum Gasteiger partial charge on any atom is -0.206 e. The van der Waals surface area contributed by atoms with Crippen molar-refractivity contribution in [1.82, 2.24) is 0 Å². The molecule has 0 radical (unpaired) electrons. The largest absolute Gasteiger partial charge is 0.257 e. The number of hydrogen-bond acceptors (Lipinski definition) is 0. The summed E-state index contributed by atoms with van der Waals surface area (Å²) < 4.78 is 22.7. The van der Waals surface area contributed by atoms with Crippen LogP contribution in [0.1, 0.15) is 12.8 Å². The minimum absolute atomic E-state index is 0.661. The van der Waals surface area contributed by atoms with Crippen LogP contribution in [0.15, 0.2) is 24.8 Å². The van der Waals surface area contributed by atoms with E-state index in [1.165, 1.54) is 6.08 Å². The molecule has 0 aliphatic carbocycles. The molecule has 0 aromatic heterocycles. The summed E-state index contributed by atoms with van der Waals surface area (Å²) in [5.74, 6) is 0. The average molecular weight is 132 g/mol. The van der Waals surface area contributed by atoms with Gasteiger partial charge in [0.15, 0.2) is 0 Å². The van der Waals surface area contributed by atoms with Crippen molar-refractivity contribution in [2.45, 2.75) is 19.3 Å². The smallest absolute Gasteiger partial charge is 0.206 e. The van der Waals surface area contributed by atoms with Crippen LogP contribution in [0.25, 0.3) is 0 Å². The number of alkyl halides is 2. The molecule has 0 saturated carbocycles. The SMILES string of the molecule is C=CCC/C=C\C(F)F. The Kier molecular flexibility index (Phi) is 5.07. The Morgan fingerprint density at radius 2 is 2.00 bits per heavy atom. The molecule has 2 heteroatoms. The highest BCUT2D eigenvalue weighted by Crippen LogP contribution is 1.97. The fourth-order valence-electron chi connectivity index (χ4n) is 0.413. The fourth-order valence-corrected chi connectivity index (χ4v) is 0.413. The number of allylic oxidation sites excluding steroid dienone is 3. The number of halogens is 2. The molecule has 0 aliphatic rings. The van der Waals surface area contributed by atoms with Crippen LogP contribution in [0.3, 0.4) is 0 Å². The standard InChI is InChI=1S/C7H10F2/c1-2-3-4-5-6-7(8)9/h2,5-7H,1,3-4H2/b6-5-. The van der Waals surface area contributed by atoms with Crippen molar-refractivity contribution in [3.63, 3.8) is 0 Å². The zero-order valence-electron chi connectivity index (χ0n) is 5.19. The number of unbranched alkanes of at least 4 members (excludes halogenated alkanes) is 1. The van der Waals surface area contributed by atoms with Gasteiger partial charge in [-0.2, -0.15) is 0 Å². The van der Waals surface area contributed by atoms with Crippen molar-refractivity contribution >= 4 is 0 Å². The molecule has 0 heterocycles. The van der Waals surface area contributed by atoms with Crippen molar-refractivity contribution in [3.8, 4) is 0 Å². The van der Waals surface area contributed by atoms with Gasteiger partial charge in [0.1, 0.15) is 0 Å². The van der Waals surface area contributed by atoms with Crippen molar-refractivity contribution in [2.75, 3.05) is 0 Å². The summed E-state index contributed by atoms with van der Waals surface area (Å²) in [4.78, 5) is 0. The van der Waals surface area contributed by atoms with Gasteiger partial charge in [-0.15, -0.1) is 6.58 Å². The van der Waals surface area contributed by atoms with Crippen LogP contribution >= 0.6 is 0 Å². The summed E-state index contributed by atoms with van der Waals surface area (Å²) in [6.45, 7) is 3.46. The Bertz CT molecular complexity index is 95.1. The van der Waals surface area contributed by atoms with Crippen LogP contribution in [-0.4, -0.2) is 6.43 Å². The summed E-state index contributed by atoms with van der Waals surface area (Å²) in [6, 6.07) is 0. The lowest BCUT2D eigenvalue weighted by molar-refractivity contribution is 0.204. The van der Waals surface area contributed by atoms with E-state index < -0.39 is 6.43 Å². The molecular weight excluding hydrogens is 122 g/mol. The Labute approximate surface area is 53.9 Å². The molecule has 0 rings (SSSR count). The van der Waals surface area contributed by atoms with Crippen molar-refractivity contribution in [2.24, 2.45) is 0 Å². The first-order chi connectivity index (χ1) is 4.27. The topological polar surface area (TPSA) is 0 Å². The first-order valence-corrected chi connectivity index (χ1v) is 2.83. The molecule has 0 fully saturated rings. The van der Waals surface area contributed by atoms with E-state index in [1.54, 1.807) is 6.08 Å². The molecular formula is C7H10F2. The molecule has 0 aromatic carbocycles. The third-order valence-electron chi connectivity index (χ3n) is 0.819. The van der Waals surface area contributed by atoms with Gasteiger partial charge in [0.25, 0.3) is 6.43 Å². The van der Waals surface area contributed by atoms with E-state index in [9.17, 15) is 8.78 Å². The van der Waals surface area contributed by atoms with Crippen molar-refractivity contribution in [3.05, 3.63) is 24.8 Å². The highest BCUT2D eigenvalue weighted by Gasteiger charge is 1.89. The van der Waals surface area contributed by atoms with E-state index in [-0.39, 0.29) is 0 Å². The Morgan fingerprint density at radius 1 is 1.33 bits per heavy atom. The summed E-state index contributed by atoms with van der Waals surface area (Å²) >= 11 is 0. The molecule has 0 aromatic rings. The maximum atomic E-state index is 11.3. The van der Waals surface area contributed by atoms with Gasteiger partial charge < -0.3 is 0 Å². The molecule has 0 nitrogen and oxygen atoms in total. The van der Waals surface area contributed by atoms with Gasteiger partial charge in [-0.1, -0.05) is 12.2 Å². The quantitative estimate of drug-likeness (QED) is 0.407. The second kappa shape index (κ2) is 5.48. The molecule has 9 heavy (non-hydrogen) atoms.